The second-order valence-electron chi connectivity index (χ2n) is 2.45. The summed E-state index contributed by atoms with van der Waals surface area (Å²) < 4.78 is 0. The molecule has 0 saturated heterocycles. The summed E-state index contributed by atoms with van der Waals surface area (Å²) in [7, 11) is 1.88. The fourth-order valence-electron chi connectivity index (χ4n) is 0.973. The second kappa shape index (κ2) is 2.82. The van der Waals surface area contributed by atoms with Gasteiger partial charge in [-0.25, -0.2) is 0 Å². The Morgan fingerprint density at radius 2 is 2.50 bits per heavy atom. The van der Waals surface area contributed by atoms with Crippen LogP contribution in [0.3, 0.4) is 0 Å². The lowest BCUT2D eigenvalue weighted by molar-refractivity contribution is -0.112. The molecule has 0 bridgehead atoms. The Bertz CT molecular complexity index is 174. The van der Waals surface area contributed by atoms with E-state index in [4.69, 9.17) is 0 Å². The van der Waals surface area contributed by atoms with Crippen LogP contribution < -0.4 is 0 Å². The van der Waals surface area contributed by atoms with Crippen molar-refractivity contribution in [3.63, 3.8) is 0 Å². The van der Waals surface area contributed by atoms with Crippen LogP contribution in [0.2, 0.25) is 0 Å². The Morgan fingerprint density at radius 1 is 1.80 bits per heavy atom. The van der Waals surface area contributed by atoms with E-state index in [9.17, 15) is 4.79 Å². The van der Waals surface area contributed by atoms with E-state index in [2.05, 4.69) is 5.10 Å². The molecule has 0 unspecified atom stereocenters. The van der Waals surface area contributed by atoms with Gasteiger partial charge in [-0.15, -0.1) is 0 Å². The first-order valence-electron chi connectivity index (χ1n) is 3.56. The minimum absolute atomic E-state index is 0.185. The van der Waals surface area contributed by atoms with Gasteiger partial charge in [0.15, 0.2) is 5.78 Å². The number of carbonyl (C=O) groups excluding carboxylic acids is 1. The molecule has 0 spiro atoms. The van der Waals surface area contributed by atoms with Crippen LogP contribution in [0.1, 0.15) is 19.8 Å². The number of hydrogen-bond donors (Lipinski definition) is 0. The van der Waals surface area contributed by atoms with Gasteiger partial charge >= 0.3 is 0 Å². The summed E-state index contributed by atoms with van der Waals surface area (Å²) in [4.78, 5) is 11.0. The predicted molar refractivity (Wildman–Crippen MR) is 40.0 cm³/mol. The Labute approximate surface area is 60.7 Å². The van der Waals surface area contributed by atoms with Crippen LogP contribution in [0.4, 0.5) is 0 Å². The Hall–Kier alpha value is -0.860. The first-order valence-corrected chi connectivity index (χ1v) is 3.56. The predicted octanol–water partition coefficient (Wildman–Crippen LogP) is 0.657. The highest BCUT2D eigenvalue weighted by atomic mass is 16.1. The molecule has 0 aromatic carbocycles. The van der Waals surface area contributed by atoms with Crippen molar-refractivity contribution in [2.45, 2.75) is 19.8 Å². The molecule has 0 radical (unpaired) electrons. The molecule has 0 fully saturated rings. The third-order valence-corrected chi connectivity index (χ3v) is 1.61. The Kier molecular flexibility index (Phi) is 2.04. The summed E-state index contributed by atoms with van der Waals surface area (Å²) in [5.74, 6) is 0.185. The number of ketones is 1. The van der Waals surface area contributed by atoms with E-state index in [1.165, 1.54) is 0 Å². The van der Waals surface area contributed by atoms with Crippen LogP contribution in [0, 0.1) is 0 Å². The first kappa shape index (κ1) is 7.25. The smallest absolute Gasteiger partial charge is 0.178 e. The molecule has 1 rings (SSSR count). The number of Topliss-reactive ketones (excluding diaryl/α,β-unsaturated/α-hetero) is 1. The van der Waals surface area contributed by atoms with E-state index < -0.39 is 0 Å². The molecule has 10 heavy (non-hydrogen) atoms. The number of hydrazone groups is 1. The lowest BCUT2D eigenvalue weighted by atomic mass is 10.1. The summed E-state index contributed by atoms with van der Waals surface area (Å²) in [6, 6.07) is 0. The van der Waals surface area contributed by atoms with Crippen molar-refractivity contribution in [1.82, 2.24) is 5.01 Å². The Morgan fingerprint density at radius 3 is 2.90 bits per heavy atom. The zero-order chi connectivity index (χ0) is 7.56. The van der Waals surface area contributed by atoms with Crippen molar-refractivity contribution in [2.24, 2.45) is 5.10 Å². The van der Waals surface area contributed by atoms with Crippen molar-refractivity contribution in [3.8, 4) is 0 Å². The van der Waals surface area contributed by atoms with Gasteiger partial charge in [-0.05, 0) is 0 Å². The van der Waals surface area contributed by atoms with Crippen molar-refractivity contribution in [2.75, 3.05) is 13.6 Å². The number of rotatable bonds is 2. The van der Waals surface area contributed by atoms with Gasteiger partial charge in [0.1, 0.15) is 5.71 Å². The summed E-state index contributed by atoms with van der Waals surface area (Å²) in [5.41, 5.74) is 0.741. The molecule has 0 N–H and O–H groups in total. The van der Waals surface area contributed by atoms with Gasteiger partial charge in [-0.1, -0.05) is 6.92 Å². The minimum Gasteiger partial charge on any atom is -0.299 e. The van der Waals surface area contributed by atoms with Gasteiger partial charge in [0, 0.05) is 26.4 Å². The van der Waals surface area contributed by atoms with Gasteiger partial charge < -0.3 is 0 Å². The Balaban J connectivity index is 2.57. The van der Waals surface area contributed by atoms with Gasteiger partial charge in [-0.3, -0.25) is 9.80 Å². The van der Waals surface area contributed by atoms with Crippen molar-refractivity contribution < 1.29 is 4.79 Å². The van der Waals surface area contributed by atoms with E-state index in [-0.39, 0.29) is 5.78 Å². The molecule has 0 saturated carbocycles. The van der Waals surface area contributed by atoms with Gasteiger partial charge in [-0.2, -0.15) is 5.10 Å². The first-order chi connectivity index (χ1) is 4.74. The zero-order valence-electron chi connectivity index (χ0n) is 6.42. The molecule has 1 aliphatic heterocycles. The van der Waals surface area contributed by atoms with Crippen molar-refractivity contribution in [1.29, 1.82) is 0 Å². The molecule has 3 nitrogen and oxygen atoms in total. The van der Waals surface area contributed by atoms with Crippen LogP contribution in [0.25, 0.3) is 0 Å². The van der Waals surface area contributed by atoms with Gasteiger partial charge in [0.25, 0.3) is 0 Å². The minimum atomic E-state index is 0.185. The van der Waals surface area contributed by atoms with E-state index in [0.29, 0.717) is 6.42 Å². The average molecular weight is 140 g/mol. The SMILES string of the molecule is CCC(=O)C1=NN(C)CC1. The topological polar surface area (TPSA) is 32.7 Å². The molecule has 1 aliphatic rings. The molecule has 0 aliphatic carbocycles. The second-order valence-corrected chi connectivity index (χ2v) is 2.45. The molecule has 56 valence electrons. The van der Waals surface area contributed by atoms with Gasteiger partial charge in [0.2, 0.25) is 0 Å². The third kappa shape index (κ3) is 1.35. The molecule has 0 amide bonds. The van der Waals surface area contributed by atoms with E-state index in [1.807, 2.05) is 19.0 Å². The summed E-state index contributed by atoms with van der Waals surface area (Å²) in [6.45, 7) is 2.75. The van der Waals surface area contributed by atoms with Crippen molar-refractivity contribution >= 4 is 11.5 Å². The van der Waals surface area contributed by atoms with E-state index in [0.717, 1.165) is 18.7 Å². The number of hydrogen-bond acceptors (Lipinski definition) is 3. The fraction of sp³-hybridized carbons (Fsp3) is 0.714. The molecule has 1 heterocycles. The summed E-state index contributed by atoms with van der Waals surface area (Å²) in [5, 5.41) is 5.87. The number of carbonyl (C=O) groups is 1. The molecule has 3 heteroatoms. The summed E-state index contributed by atoms with van der Waals surface area (Å²) in [6.07, 6.45) is 1.40. The maximum Gasteiger partial charge on any atom is 0.178 e. The fourth-order valence-corrected chi connectivity index (χ4v) is 0.973. The highest BCUT2D eigenvalue weighted by Gasteiger charge is 2.15. The van der Waals surface area contributed by atoms with Gasteiger partial charge in [0.05, 0.1) is 0 Å². The largest absolute Gasteiger partial charge is 0.299 e. The maximum absolute atomic E-state index is 11.0. The zero-order valence-corrected chi connectivity index (χ0v) is 6.42. The molecular formula is C7H12N2O. The lowest BCUT2D eigenvalue weighted by Gasteiger charge is -2.00. The monoisotopic (exact) mass is 140 g/mol. The van der Waals surface area contributed by atoms with Crippen LogP contribution in [0.15, 0.2) is 5.10 Å². The molecule has 0 aromatic heterocycles. The normalized spacial score (nSPS) is 17.4. The lowest BCUT2D eigenvalue weighted by Crippen LogP contribution is -2.09. The third-order valence-electron chi connectivity index (χ3n) is 1.61. The van der Waals surface area contributed by atoms with E-state index >= 15 is 0 Å². The maximum atomic E-state index is 11.0. The molecular weight excluding hydrogens is 128 g/mol. The quantitative estimate of drug-likeness (QED) is 0.564. The van der Waals surface area contributed by atoms with Crippen molar-refractivity contribution in [3.05, 3.63) is 0 Å². The molecule has 0 atom stereocenters. The number of nitrogens with zero attached hydrogens (tertiary/aromatic N) is 2. The van der Waals surface area contributed by atoms with Crippen LogP contribution in [0.5, 0.6) is 0 Å². The summed E-state index contributed by atoms with van der Waals surface area (Å²) >= 11 is 0. The standard InChI is InChI=1S/C7H12N2O/c1-3-7(10)6-4-5-9(2)8-6/h3-5H2,1-2H3. The van der Waals surface area contributed by atoms with E-state index in [1.54, 1.807) is 0 Å². The highest BCUT2D eigenvalue weighted by Crippen LogP contribution is 2.04. The highest BCUT2D eigenvalue weighted by molar-refractivity contribution is 6.40. The molecule has 0 aromatic rings. The van der Waals surface area contributed by atoms with Crippen LogP contribution >= 0.6 is 0 Å². The average Bonchev–Trinajstić information content (AvgIpc) is 2.34. The van der Waals surface area contributed by atoms with Crippen LogP contribution in [-0.4, -0.2) is 30.1 Å². The van der Waals surface area contributed by atoms with Crippen LogP contribution in [-0.2, 0) is 4.79 Å².